The summed E-state index contributed by atoms with van der Waals surface area (Å²) < 4.78 is 29.5. The molecular weight excluding hydrogens is 318 g/mol. The number of nitrogens with zero attached hydrogens (tertiary/aromatic N) is 2. The summed E-state index contributed by atoms with van der Waals surface area (Å²) in [5, 5.41) is 0. The quantitative estimate of drug-likeness (QED) is 0.740. The van der Waals surface area contributed by atoms with Gasteiger partial charge in [-0.15, -0.1) is 0 Å². The second-order valence-electron chi connectivity index (χ2n) is 4.97. The molecule has 1 aromatic rings. The van der Waals surface area contributed by atoms with E-state index in [1.807, 2.05) is 0 Å². The largest absolute Gasteiger partial charge is 0.342 e. The van der Waals surface area contributed by atoms with E-state index in [1.165, 1.54) is 19.2 Å². The summed E-state index contributed by atoms with van der Waals surface area (Å²) in [6.07, 6.45) is 1.39. The van der Waals surface area contributed by atoms with E-state index in [9.17, 15) is 9.18 Å². The van der Waals surface area contributed by atoms with Gasteiger partial charge in [0.25, 0.3) is 0 Å². The highest BCUT2D eigenvalue weighted by Crippen LogP contribution is 2.42. The summed E-state index contributed by atoms with van der Waals surface area (Å²) in [6, 6.07) is 1.43. The topological polar surface area (TPSA) is 33.2 Å². The van der Waals surface area contributed by atoms with Crippen molar-refractivity contribution in [3.8, 4) is 0 Å². The highest BCUT2D eigenvalue weighted by atomic mass is 79.9. The Morgan fingerprint density at radius 2 is 2.32 bits per heavy atom. The molecule has 2 heterocycles. The van der Waals surface area contributed by atoms with Crippen molar-refractivity contribution in [2.75, 3.05) is 13.1 Å². The van der Waals surface area contributed by atoms with Crippen molar-refractivity contribution in [2.24, 2.45) is 5.92 Å². The van der Waals surface area contributed by atoms with E-state index in [0.29, 0.717) is 11.0 Å². The fourth-order valence-corrected chi connectivity index (χ4v) is 2.84. The number of carbonyl (C=O) groups excluding carboxylic acids is 1. The van der Waals surface area contributed by atoms with E-state index < -0.39 is 17.5 Å². The first kappa shape index (κ1) is 14.4. The Bertz CT molecular complexity index is 511. The Kier molecular flexibility index (Phi) is 3.90. The molecule has 3 nitrogen and oxygen atoms in total. The molecule has 1 aliphatic heterocycles. The lowest BCUT2D eigenvalue weighted by Gasteiger charge is -2.41. The molecule has 0 spiro atoms. The molecule has 0 N–H and O–H groups in total. The molecule has 19 heavy (non-hydrogen) atoms. The number of hydrogen-bond donors (Lipinski definition) is 0. The predicted octanol–water partition coefficient (Wildman–Crippen LogP) is 3.04. The van der Waals surface area contributed by atoms with Crippen LogP contribution in [0.5, 0.6) is 0 Å². The number of carbonyl (C=O) groups is 1. The standard InChI is InChI=1S/C13H15BrF2N2O/c1-8-7-18(9(2)19)4-3-13(8,16)11-5-10(14)6-17-12(11)15/h5-6,8H,3-4,7H2,1-2H3. The number of piperidine rings is 1. The molecule has 1 fully saturated rings. The third-order valence-corrected chi connectivity index (χ3v) is 4.15. The molecule has 0 radical (unpaired) electrons. The second kappa shape index (κ2) is 5.15. The molecule has 2 rings (SSSR count). The molecule has 1 aromatic heterocycles. The van der Waals surface area contributed by atoms with E-state index in [-0.39, 0.29) is 24.4 Å². The molecule has 0 saturated carbocycles. The van der Waals surface area contributed by atoms with Gasteiger partial charge in [-0.25, -0.2) is 9.37 Å². The zero-order valence-corrected chi connectivity index (χ0v) is 12.4. The maximum atomic E-state index is 15.1. The maximum absolute atomic E-state index is 15.1. The Balaban J connectivity index is 2.33. The fourth-order valence-electron chi connectivity index (χ4n) is 2.51. The first-order valence-electron chi connectivity index (χ1n) is 6.10. The van der Waals surface area contributed by atoms with Crippen LogP contribution in [0.3, 0.4) is 0 Å². The van der Waals surface area contributed by atoms with Gasteiger partial charge in [-0.05, 0) is 22.0 Å². The number of rotatable bonds is 1. The SMILES string of the molecule is CC(=O)N1CCC(F)(c2cc(Br)cnc2F)C(C)C1. The van der Waals surface area contributed by atoms with E-state index in [4.69, 9.17) is 0 Å². The first-order valence-corrected chi connectivity index (χ1v) is 6.90. The zero-order valence-electron chi connectivity index (χ0n) is 10.8. The van der Waals surface area contributed by atoms with Crippen LogP contribution in [0.15, 0.2) is 16.7 Å². The minimum absolute atomic E-state index is 0.0300. The fraction of sp³-hybridized carbons (Fsp3) is 0.538. The number of alkyl halides is 1. The molecule has 2 unspecified atom stereocenters. The van der Waals surface area contributed by atoms with Crippen molar-refractivity contribution >= 4 is 21.8 Å². The van der Waals surface area contributed by atoms with Crippen molar-refractivity contribution in [3.05, 3.63) is 28.2 Å². The molecular formula is C13H15BrF2N2O. The van der Waals surface area contributed by atoms with Crippen LogP contribution >= 0.6 is 15.9 Å². The molecule has 1 amide bonds. The van der Waals surface area contributed by atoms with Crippen LogP contribution < -0.4 is 0 Å². The second-order valence-corrected chi connectivity index (χ2v) is 5.89. The molecule has 1 saturated heterocycles. The average molecular weight is 333 g/mol. The summed E-state index contributed by atoms with van der Waals surface area (Å²) in [6.45, 7) is 3.73. The van der Waals surface area contributed by atoms with Crippen LogP contribution in [-0.4, -0.2) is 28.9 Å². The number of likely N-dealkylation sites (tertiary alicyclic amines) is 1. The third kappa shape index (κ3) is 2.63. The van der Waals surface area contributed by atoms with Crippen LogP contribution in [-0.2, 0) is 10.5 Å². The lowest BCUT2D eigenvalue weighted by atomic mass is 9.79. The number of halogens is 3. The highest BCUT2D eigenvalue weighted by Gasteiger charge is 2.45. The van der Waals surface area contributed by atoms with Gasteiger partial charge in [-0.3, -0.25) is 4.79 Å². The van der Waals surface area contributed by atoms with E-state index in [0.717, 1.165) is 0 Å². The Labute approximate surface area is 119 Å². The number of aromatic nitrogens is 1. The van der Waals surface area contributed by atoms with Gasteiger partial charge in [0.05, 0.1) is 0 Å². The van der Waals surface area contributed by atoms with Crippen molar-refractivity contribution in [1.82, 2.24) is 9.88 Å². The highest BCUT2D eigenvalue weighted by molar-refractivity contribution is 9.10. The van der Waals surface area contributed by atoms with Gasteiger partial charge >= 0.3 is 0 Å². The molecule has 1 aliphatic rings. The summed E-state index contributed by atoms with van der Waals surface area (Å²) in [5.74, 6) is -1.34. The molecule has 2 atom stereocenters. The summed E-state index contributed by atoms with van der Waals surface area (Å²) in [4.78, 5) is 16.5. The Morgan fingerprint density at radius 3 is 2.89 bits per heavy atom. The van der Waals surface area contributed by atoms with Crippen LogP contribution in [0.4, 0.5) is 8.78 Å². The molecule has 6 heteroatoms. The summed E-state index contributed by atoms with van der Waals surface area (Å²) in [5.41, 5.74) is -1.81. The minimum atomic E-state index is -1.78. The summed E-state index contributed by atoms with van der Waals surface area (Å²) in [7, 11) is 0. The minimum Gasteiger partial charge on any atom is -0.342 e. The van der Waals surface area contributed by atoms with E-state index >= 15 is 4.39 Å². The van der Waals surface area contributed by atoms with Gasteiger partial charge in [-0.1, -0.05) is 6.92 Å². The molecule has 0 aromatic carbocycles. The van der Waals surface area contributed by atoms with E-state index in [1.54, 1.807) is 11.8 Å². The van der Waals surface area contributed by atoms with Crippen LogP contribution in [0, 0.1) is 11.9 Å². The van der Waals surface area contributed by atoms with Gasteiger partial charge in [-0.2, -0.15) is 4.39 Å². The van der Waals surface area contributed by atoms with Crippen molar-refractivity contribution in [1.29, 1.82) is 0 Å². The van der Waals surface area contributed by atoms with Crippen molar-refractivity contribution < 1.29 is 13.6 Å². The lowest BCUT2D eigenvalue weighted by Crippen LogP contribution is -2.48. The lowest BCUT2D eigenvalue weighted by molar-refractivity contribution is -0.133. The van der Waals surface area contributed by atoms with Crippen LogP contribution in [0.25, 0.3) is 0 Å². The van der Waals surface area contributed by atoms with Crippen LogP contribution in [0.2, 0.25) is 0 Å². The van der Waals surface area contributed by atoms with Gasteiger partial charge < -0.3 is 4.90 Å². The van der Waals surface area contributed by atoms with Gasteiger partial charge in [0.2, 0.25) is 11.9 Å². The van der Waals surface area contributed by atoms with Gasteiger partial charge in [0, 0.05) is 48.6 Å². The molecule has 0 bridgehead atoms. The van der Waals surface area contributed by atoms with Gasteiger partial charge in [0.15, 0.2) is 0 Å². The van der Waals surface area contributed by atoms with E-state index in [2.05, 4.69) is 20.9 Å². The maximum Gasteiger partial charge on any atom is 0.219 e. The number of hydrogen-bond acceptors (Lipinski definition) is 2. The van der Waals surface area contributed by atoms with Crippen molar-refractivity contribution in [3.63, 3.8) is 0 Å². The van der Waals surface area contributed by atoms with Crippen molar-refractivity contribution in [2.45, 2.75) is 25.9 Å². The normalized spacial score (nSPS) is 27.4. The first-order chi connectivity index (χ1) is 8.84. The smallest absolute Gasteiger partial charge is 0.219 e. The number of amides is 1. The Morgan fingerprint density at radius 1 is 1.63 bits per heavy atom. The third-order valence-electron chi connectivity index (χ3n) is 3.72. The Hall–Kier alpha value is -1.04. The van der Waals surface area contributed by atoms with Gasteiger partial charge in [0.1, 0.15) is 5.67 Å². The average Bonchev–Trinajstić information content (AvgIpc) is 2.35. The molecule has 0 aliphatic carbocycles. The number of pyridine rings is 1. The predicted molar refractivity (Wildman–Crippen MR) is 70.7 cm³/mol. The zero-order chi connectivity index (χ0) is 14.2. The molecule has 104 valence electrons. The summed E-state index contributed by atoms with van der Waals surface area (Å²) >= 11 is 3.18. The van der Waals surface area contributed by atoms with Crippen LogP contribution in [0.1, 0.15) is 25.8 Å². The monoisotopic (exact) mass is 332 g/mol.